The largest absolute Gasteiger partial charge is 0.480 e. The summed E-state index contributed by atoms with van der Waals surface area (Å²) in [6.07, 6.45) is 1.79. The molecule has 1 heterocycles. The summed E-state index contributed by atoms with van der Waals surface area (Å²) in [4.78, 5) is 26.5. The normalized spacial score (nSPS) is 13.2. The highest BCUT2D eigenvalue weighted by Crippen LogP contribution is 2.20. The highest BCUT2D eigenvalue weighted by atomic mass is 16.4. The van der Waals surface area contributed by atoms with Crippen LogP contribution in [0.25, 0.3) is 10.9 Å². The summed E-state index contributed by atoms with van der Waals surface area (Å²) in [6.45, 7) is 5.33. The predicted molar refractivity (Wildman–Crippen MR) is 76.6 cm³/mol. The summed E-state index contributed by atoms with van der Waals surface area (Å²) in [5.74, 6) is -1.42. The number of benzene rings is 1. The van der Waals surface area contributed by atoms with Crippen molar-refractivity contribution >= 4 is 22.8 Å². The SMILES string of the molecule is CC(C)(C)[C@H](NC(=O)c1ccc2cc[nH]c2c1)C(=O)O. The van der Waals surface area contributed by atoms with E-state index in [1.807, 2.05) is 12.1 Å². The van der Waals surface area contributed by atoms with Gasteiger partial charge in [0.15, 0.2) is 0 Å². The molecule has 1 amide bonds. The monoisotopic (exact) mass is 274 g/mol. The van der Waals surface area contributed by atoms with Crippen molar-refractivity contribution in [1.29, 1.82) is 0 Å². The van der Waals surface area contributed by atoms with Crippen molar-refractivity contribution in [3.63, 3.8) is 0 Å². The number of nitrogens with one attached hydrogen (secondary N) is 2. The van der Waals surface area contributed by atoms with E-state index in [1.54, 1.807) is 39.1 Å². The topological polar surface area (TPSA) is 82.2 Å². The van der Waals surface area contributed by atoms with E-state index in [9.17, 15) is 14.7 Å². The summed E-state index contributed by atoms with van der Waals surface area (Å²) in [6, 6.07) is 6.20. The van der Waals surface area contributed by atoms with Crippen molar-refractivity contribution in [1.82, 2.24) is 10.3 Å². The number of carboxylic acid groups (broad SMARTS) is 1. The molecular formula is C15H18N2O3. The number of H-pyrrole nitrogens is 1. The zero-order valence-electron chi connectivity index (χ0n) is 11.7. The quantitative estimate of drug-likeness (QED) is 0.803. The second-order valence-electron chi connectivity index (χ2n) is 5.89. The lowest BCUT2D eigenvalue weighted by Gasteiger charge is -2.27. The molecule has 2 aromatic rings. The Morgan fingerprint density at radius 2 is 1.95 bits per heavy atom. The van der Waals surface area contributed by atoms with Gasteiger partial charge in [-0.2, -0.15) is 0 Å². The molecule has 0 spiro atoms. The molecule has 0 radical (unpaired) electrons. The molecule has 3 N–H and O–H groups in total. The lowest BCUT2D eigenvalue weighted by Crippen LogP contribution is -2.49. The number of rotatable bonds is 3. The van der Waals surface area contributed by atoms with E-state index in [1.165, 1.54) is 0 Å². The number of fused-ring (bicyclic) bond motifs is 1. The van der Waals surface area contributed by atoms with E-state index < -0.39 is 17.4 Å². The maximum atomic E-state index is 12.2. The minimum absolute atomic E-state index is 0.385. The zero-order valence-corrected chi connectivity index (χ0v) is 11.7. The van der Waals surface area contributed by atoms with Crippen LogP contribution in [0.15, 0.2) is 30.5 Å². The predicted octanol–water partition coefficient (Wildman–Crippen LogP) is 2.40. The van der Waals surface area contributed by atoms with Crippen LogP contribution in [0.3, 0.4) is 0 Å². The molecule has 1 atom stereocenters. The van der Waals surface area contributed by atoms with Crippen LogP contribution in [0, 0.1) is 5.41 Å². The Balaban J connectivity index is 2.24. The first-order chi connectivity index (χ1) is 9.29. The third kappa shape index (κ3) is 2.82. The van der Waals surface area contributed by atoms with Crippen LogP contribution in [0.2, 0.25) is 0 Å². The molecule has 2 rings (SSSR count). The van der Waals surface area contributed by atoms with Crippen LogP contribution in [0.4, 0.5) is 0 Å². The molecule has 0 unspecified atom stereocenters. The summed E-state index contributed by atoms with van der Waals surface area (Å²) >= 11 is 0. The molecule has 0 bridgehead atoms. The molecule has 1 aromatic heterocycles. The highest BCUT2D eigenvalue weighted by molar-refractivity contribution is 5.99. The van der Waals surface area contributed by atoms with Crippen LogP contribution in [0.1, 0.15) is 31.1 Å². The van der Waals surface area contributed by atoms with Crippen molar-refractivity contribution in [3.8, 4) is 0 Å². The van der Waals surface area contributed by atoms with Gasteiger partial charge in [-0.25, -0.2) is 4.79 Å². The fourth-order valence-electron chi connectivity index (χ4n) is 2.05. The smallest absolute Gasteiger partial charge is 0.326 e. The van der Waals surface area contributed by atoms with Crippen LogP contribution in [-0.4, -0.2) is 28.0 Å². The number of hydrogen-bond acceptors (Lipinski definition) is 2. The number of aliphatic carboxylic acids is 1. The van der Waals surface area contributed by atoms with E-state index in [0.717, 1.165) is 10.9 Å². The molecule has 0 saturated heterocycles. The number of carbonyl (C=O) groups excluding carboxylic acids is 1. The van der Waals surface area contributed by atoms with Crippen molar-refractivity contribution in [2.75, 3.05) is 0 Å². The molecule has 0 aliphatic rings. The number of hydrogen-bond donors (Lipinski definition) is 3. The average molecular weight is 274 g/mol. The Hall–Kier alpha value is -2.30. The number of amides is 1. The highest BCUT2D eigenvalue weighted by Gasteiger charge is 2.32. The maximum Gasteiger partial charge on any atom is 0.326 e. The first kappa shape index (κ1) is 14.1. The molecule has 20 heavy (non-hydrogen) atoms. The molecule has 1 aromatic carbocycles. The van der Waals surface area contributed by atoms with E-state index in [4.69, 9.17) is 0 Å². The molecule has 0 fully saturated rings. The van der Waals surface area contributed by atoms with E-state index in [0.29, 0.717) is 5.56 Å². The third-order valence-electron chi connectivity index (χ3n) is 3.21. The van der Waals surface area contributed by atoms with Crippen molar-refractivity contribution in [2.24, 2.45) is 5.41 Å². The summed E-state index contributed by atoms with van der Waals surface area (Å²) < 4.78 is 0. The molecule has 106 valence electrons. The van der Waals surface area contributed by atoms with Crippen molar-refractivity contribution in [2.45, 2.75) is 26.8 Å². The number of carboxylic acids is 1. The number of aromatic amines is 1. The lowest BCUT2D eigenvalue weighted by molar-refractivity contribution is -0.142. The minimum Gasteiger partial charge on any atom is -0.480 e. The standard InChI is InChI=1S/C15H18N2O3/c1-15(2,3)12(14(19)20)17-13(18)10-5-4-9-6-7-16-11(9)8-10/h4-8,12,16H,1-3H3,(H,17,18)(H,19,20)/t12-/m1/s1. The van der Waals surface area contributed by atoms with Gasteiger partial charge < -0.3 is 15.4 Å². The summed E-state index contributed by atoms with van der Waals surface area (Å²) in [5.41, 5.74) is 0.730. The van der Waals surface area contributed by atoms with Gasteiger partial charge in [0.25, 0.3) is 5.91 Å². The van der Waals surface area contributed by atoms with Gasteiger partial charge in [-0.3, -0.25) is 4.79 Å². The van der Waals surface area contributed by atoms with Gasteiger partial charge in [0.1, 0.15) is 6.04 Å². The molecule has 0 aliphatic heterocycles. The lowest BCUT2D eigenvalue weighted by atomic mass is 9.86. The third-order valence-corrected chi connectivity index (χ3v) is 3.21. The molecular weight excluding hydrogens is 256 g/mol. The second kappa shape index (κ2) is 5.00. The van der Waals surface area contributed by atoms with Gasteiger partial charge in [-0.15, -0.1) is 0 Å². The fraction of sp³-hybridized carbons (Fsp3) is 0.333. The Kier molecular flexibility index (Phi) is 3.53. The molecule has 0 aliphatic carbocycles. The minimum atomic E-state index is -1.04. The molecule has 5 nitrogen and oxygen atoms in total. The zero-order chi connectivity index (χ0) is 14.9. The second-order valence-corrected chi connectivity index (χ2v) is 5.89. The first-order valence-corrected chi connectivity index (χ1v) is 6.40. The Labute approximate surface area is 117 Å². The Morgan fingerprint density at radius 3 is 2.55 bits per heavy atom. The van der Waals surface area contributed by atoms with E-state index in [2.05, 4.69) is 10.3 Å². The maximum absolute atomic E-state index is 12.2. The van der Waals surface area contributed by atoms with E-state index >= 15 is 0 Å². The Bertz CT molecular complexity index is 652. The number of carbonyl (C=O) groups is 2. The van der Waals surface area contributed by atoms with Crippen LogP contribution in [-0.2, 0) is 4.79 Å². The summed E-state index contributed by atoms with van der Waals surface area (Å²) in [5, 5.41) is 12.8. The van der Waals surface area contributed by atoms with Gasteiger partial charge in [-0.1, -0.05) is 26.8 Å². The molecule has 0 saturated carbocycles. The van der Waals surface area contributed by atoms with Crippen molar-refractivity contribution in [3.05, 3.63) is 36.0 Å². The number of aromatic nitrogens is 1. The van der Waals surface area contributed by atoms with Gasteiger partial charge in [-0.05, 0) is 29.0 Å². The van der Waals surface area contributed by atoms with Crippen LogP contribution in [0.5, 0.6) is 0 Å². The average Bonchev–Trinajstić information content (AvgIpc) is 2.80. The first-order valence-electron chi connectivity index (χ1n) is 6.40. The van der Waals surface area contributed by atoms with Gasteiger partial charge in [0.2, 0.25) is 0 Å². The summed E-state index contributed by atoms with van der Waals surface area (Å²) in [7, 11) is 0. The van der Waals surface area contributed by atoms with Crippen LogP contribution < -0.4 is 5.32 Å². The van der Waals surface area contributed by atoms with Gasteiger partial charge in [0.05, 0.1) is 0 Å². The van der Waals surface area contributed by atoms with E-state index in [-0.39, 0.29) is 5.91 Å². The fourth-order valence-corrected chi connectivity index (χ4v) is 2.05. The van der Waals surface area contributed by atoms with Gasteiger partial charge in [0, 0.05) is 17.3 Å². The van der Waals surface area contributed by atoms with Crippen LogP contribution >= 0.6 is 0 Å². The molecule has 5 heteroatoms. The Morgan fingerprint density at radius 1 is 1.25 bits per heavy atom. The van der Waals surface area contributed by atoms with Gasteiger partial charge >= 0.3 is 5.97 Å². The van der Waals surface area contributed by atoms with Crippen molar-refractivity contribution < 1.29 is 14.7 Å².